The van der Waals surface area contributed by atoms with Crippen molar-refractivity contribution in [2.45, 2.75) is 0 Å². The number of amides is 1. The highest BCUT2D eigenvalue weighted by Crippen LogP contribution is 2.30. The van der Waals surface area contributed by atoms with Crippen molar-refractivity contribution in [3.8, 4) is 16.3 Å². The fourth-order valence-electron chi connectivity index (χ4n) is 2.20. The number of hydrogen-bond donors (Lipinski definition) is 1. The summed E-state index contributed by atoms with van der Waals surface area (Å²) in [7, 11) is 1.35. The van der Waals surface area contributed by atoms with E-state index in [4.69, 9.17) is 4.74 Å². The number of hydrogen-bond acceptors (Lipinski definition) is 6. The summed E-state index contributed by atoms with van der Waals surface area (Å²) in [5.41, 5.74) is 1.02. The van der Waals surface area contributed by atoms with Crippen molar-refractivity contribution in [3.05, 3.63) is 69.7 Å². The lowest BCUT2D eigenvalue weighted by Gasteiger charge is -2.06. The quantitative estimate of drug-likeness (QED) is 0.552. The highest BCUT2D eigenvalue weighted by molar-refractivity contribution is 7.17. The zero-order chi connectivity index (χ0) is 17.8. The molecule has 126 valence electrons. The van der Waals surface area contributed by atoms with E-state index in [1.165, 1.54) is 36.8 Å². The van der Waals surface area contributed by atoms with Gasteiger partial charge in [-0.2, -0.15) is 0 Å². The van der Waals surface area contributed by atoms with Crippen molar-refractivity contribution in [2.75, 3.05) is 12.4 Å². The van der Waals surface area contributed by atoms with Crippen LogP contribution in [0, 0.1) is 10.1 Å². The first-order valence-electron chi connectivity index (χ1n) is 7.23. The van der Waals surface area contributed by atoms with Crippen LogP contribution < -0.4 is 10.1 Å². The third-order valence-corrected chi connectivity index (χ3v) is 4.43. The SMILES string of the molecule is COc1ccc(NC(=O)c2cnc(-c3ccccc3)s2)cc1[N+](=O)[O-]. The fraction of sp³-hybridized carbons (Fsp3) is 0.0588. The first kappa shape index (κ1) is 16.6. The third kappa shape index (κ3) is 3.64. The van der Waals surface area contributed by atoms with Crippen LogP contribution in [0.15, 0.2) is 54.7 Å². The minimum absolute atomic E-state index is 0.132. The minimum Gasteiger partial charge on any atom is -0.490 e. The van der Waals surface area contributed by atoms with Gasteiger partial charge < -0.3 is 10.1 Å². The van der Waals surface area contributed by atoms with E-state index in [1.54, 1.807) is 6.07 Å². The van der Waals surface area contributed by atoms with Gasteiger partial charge in [0.05, 0.1) is 18.2 Å². The number of carbonyl (C=O) groups excluding carboxylic acids is 1. The van der Waals surface area contributed by atoms with Crippen molar-refractivity contribution in [1.82, 2.24) is 4.98 Å². The molecule has 2 aromatic carbocycles. The number of methoxy groups -OCH3 is 1. The van der Waals surface area contributed by atoms with Crippen LogP contribution in [0.1, 0.15) is 9.67 Å². The Hall–Kier alpha value is -3.26. The van der Waals surface area contributed by atoms with Crippen LogP contribution in [-0.2, 0) is 0 Å². The Morgan fingerprint density at radius 3 is 2.68 bits per heavy atom. The Kier molecular flexibility index (Phi) is 4.71. The average Bonchev–Trinajstić information content (AvgIpc) is 3.12. The van der Waals surface area contributed by atoms with Crippen molar-refractivity contribution in [2.24, 2.45) is 0 Å². The molecular formula is C17H13N3O4S. The van der Waals surface area contributed by atoms with Gasteiger partial charge in [-0.1, -0.05) is 30.3 Å². The maximum absolute atomic E-state index is 12.4. The standard InChI is InChI=1S/C17H13N3O4S/c1-24-14-8-7-12(9-13(14)20(22)23)19-16(21)15-10-18-17(25-15)11-5-3-2-4-6-11/h2-10H,1H3,(H,19,21). The molecule has 0 saturated heterocycles. The molecule has 0 unspecified atom stereocenters. The van der Waals surface area contributed by atoms with Crippen LogP contribution in [0.5, 0.6) is 5.75 Å². The van der Waals surface area contributed by atoms with Crippen LogP contribution in [0.4, 0.5) is 11.4 Å². The molecular weight excluding hydrogens is 342 g/mol. The molecule has 0 fully saturated rings. The van der Waals surface area contributed by atoms with E-state index < -0.39 is 4.92 Å². The number of nitrogens with zero attached hydrogens (tertiary/aromatic N) is 2. The number of rotatable bonds is 5. The highest BCUT2D eigenvalue weighted by atomic mass is 32.1. The Bertz CT molecular complexity index is 925. The van der Waals surface area contributed by atoms with Gasteiger partial charge in [-0.15, -0.1) is 11.3 Å². The first-order valence-corrected chi connectivity index (χ1v) is 8.05. The molecule has 8 heteroatoms. The van der Waals surface area contributed by atoms with Gasteiger partial charge in [-0.05, 0) is 12.1 Å². The van der Waals surface area contributed by atoms with E-state index in [0.29, 0.717) is 10.6 Å². The van der Waals surface area contributed by atoms with Gasteiger partial charge in [0, 0.05) is 17.3 Å². The summed E-state index contributed by atoms with van der Waals surface area (Å²) in [6, 6.07) is 13.8. The molecule has 0 spiro atoms. The summed E-state index contributed by atoms with van der Waals surface area (Å²) in [6.07, 6.45) is 1.49. The van der Waals surface area contributed by atoms with Gasteiger partial charge in [0.15, 0.2) is 5.75 Å². The zero-order valence-electron chi connectivity index (χ0n) is 13.1. The summed E-state index contributed by atoms with van der Waals surface area (Å²) < 4.78 is 4.94. The molecule has 1 N–H and O–H groups in total. The molecule has 0 aliphatic heterocycles. The number of benzene rings is 2. The van der Waals surface area contributed by atoms with Gasteiger partial charge in [-0.25, -0.2) is 4.98 Å². The number of nitrogens with one attached hydrogen (secondary N) is 1. The van der Waals surface area contributed by atoms with E-state index >= 15 is 0 Å². The maximum Gasteiger partial charge on any atom is 0.312 e. The van der Waals surface area contributed by atoms with Gasteiger partial charge in [-0.3, -0.25) is 14.9 Å². The van der Waals surface area contributed by atoms with Crippen LogP contribution in [0.2, 0.25) is 0 Å². The van der Waals surface area contributed by atoms with E-state index in [2.05, 4.69) is 10.3 Å². The van der Waals surface area contributed by atoms with Gasteiger partial charge in [0.25, 0.3) is 5.91 Å². The molecule has 0 atom stereocenters. The van der Waals surface area contributed by atoms with Crippen molar-refractivity contribution in [3.63, 3.8) is 0 Å². The average molecular weight is 355 g/mol. The molecule has 3 rings (SSSR count). The lowest BCUT2D eigenvalue weighted by atomic mass is 10.2. The Morgan fingerprint density at radius 2 is 2.00 bits per heavy atom. The molecule has 0 aliphatic rings. The van der Waals surface area contributed by atoms with Gasteiger partial charge >= 0.3 is 5.69 Å². The molecule has 1 aromatic heterocycles. The molecule has 0 radical (unpaired) electrons. The number of nitro benzene ring substituents is 1. The molecule has 3 aromatic rings. The Morgan fingerprint density at radius 1 is 1.24 bits per heavy atom. The second-order valence-electron chi connectivity index (χ2n) is 4.99. The predicted molar refractivity (Wildman–Crippen MR) is 95.2 cm³/mol. The lowest BCUT2D eigenvalue weighted by Crippen LogP contribution is -2.10. The second kappa shape index (κ2) is 7.10. The molecule has 1 amide bonds. The predicted octanol–water partition coefficient (Wildman–Crippen LogP) is 3.98. The van der Waals surface area contributed by atoms with E-state index in [1.807, 2.05) is 30.3 Å². The number of thiazole rings is 1. The maximum atomic E-state index is 12.4. The normalized spacial score (nSPS) is 10.3. The van der Waals surface area contributed by atoms with E-state index in [0.717, 1.165) is 10.6 Å². The summed E-state index contributed by atoms with van der Waals surface area (Å²) in [4.78, 5) is 27.5. The van der Waals surface area contributed by atoms with Crippen LogP contribution in [0.3, 0.4) is 0 Å². The molecule has 0 aliphatic carbocycles. The Balaban J connectivity index is 1.80. The molecule has 0 bridgehead atoms. The number of carbonyl (C=O) groups is 1. The number of ether oxygens (including phenoxy) is 1. The monoisotopic (exact) mass is 355 g/mol. The molecule has 1 heterocycles. The summed E-state index contributed by atoms with van der Waals surface area (Å²) in [6.45, 7) is 0. The van der Waals surface area contributed by atoms with Crippen molar-refractivity contribution >= 4 is 28.6 Å². The molecule has 7 nitrogen and oxygen atoms in total. The summed E-state index contributed by atoms with van der Waals surface area (Å²) >= 11 is 1.25. The van der Waals surface area contributed by atoms with Crippen LogP contribution in [0.25, 0.3) is 10.6 Å². The smallest absolute Gasteiger partial charge is 0.312 e. The largest absolute Gasteiger partial charge is 0.490 e. The number of nitro groups is 1. The van der Waals surface area contributed by atoms with E-state index in [9.17, 15) is 14.9 Å². The minimum atomic E-state index is -0.561. The van der Waals surface area contributed by atoms with Gasteiger partial charge in [0.1, 0.15) is 9.88 Å². The fourth-order valence-corrected chi connectivity index (χ4v) is 3.01. The van der Waals surface area contributed by atoms with Crippen molar-refractivity contribution in [1.29, 1.82) is 0 Å². The second-order valence-corrected chi connectivity index (χ2v) is 6.02. The van der Waals surface area contributed by atoms with Crippen molar-refractivity contribution < 1.29 is 14.5 Å². The molecule has 0 saturated carbocycles. The third-order valence-electron chi connectivity index (χ3n) is 3.38. The van der Waals surface area contributed by atoms with Crippen LogP contribution in [-0.4, -0.2) is 22.9 Å². The summed E-state index contributed by atoms with van der Waals surface area (Å²) in [5.74, 6) is -0.244. The lowest BCUT2D eigenvalue weighted by molar-refractivity contribution is -0.385. The van der Waals surface area contributed by atoms with E-state index in [-0.39, 0.29) is 17.3 Å². The summed E-state index contributed by atoms with van der Waals surface area (Å²) in [5, 5.41) is 14.4. The molecule has 25 heavy (non-hydrogen) atoms. The number of anilines is 1. The number of aromatic nitrogens is 1. The topological polar surface area (TPSA) is 94.4 Å². The van der Waals surface area contributed by atoms with Gasteiger partial charge in [0.2, 0.25) is 0 Å². The Labute approximate surface area is 147 Å². The van der Waals surface area contributed by atoms with Crippen LogP contribution >= 0.6 is 11.3 Å². The zero-order valence-corrected chi connectivity index (χ0v) is 13.9. The first-order chi connectivity index (χ1) is 12.1. The highest BCUT2D eigenvalue weighted by Gasteiger charge is 2.17.